The van der Waals surface area contributed by atoms with E-state index in [9.17, 15) is 4.79 Å². The monoisotopic (exact) mass is 388 g/mol. The highest BCUT2D eigenvalue weighted by molar-refractivity contribution is 7.13. The lowest BCUT2D eigenvalue weighted by molar-refractivity contribution is -0.134. The highest BCUT2D eigenvalue weighted by Crippen LogP contribution is 2.22. The van der Waals surface area contributed by atoms with E-state index in [-0.39, 0.29) is 36.8 Å². The number of nitrogens with zero attached hydrogens (tertiary/aromatic N) is 3. The number of aromatic nitrogens is 2. The third-order valence-corrected chi connectivity index (χ3v) is 5.04. The lowest BCUT2D eigenvalue weighted by Crippen LogP contribution is -2.57. The van der Waals surface area contributed by atoms with Crippen molar-refractivity contribution in [2.24, 2.45) is 0 Å². The number of carbonyl (C=O) groups excluding carboxylic acids is 1. The van der Waals surface area contributed by atoms with Gasteiger partial charge in [-0.05, 0) is 26.0 Å². The minimum Gasteiger partial charge on any atom is -0.337 e. The maximum absolute atomic E-state index is 12.5. The summed E-state index contributed by atoms with van der Waals surface area (Å²) in [5, 5.41) is 6.21. The molecule has 2 unspecified atom stereocenters. The Labute approximate surface area is 158 Å². The molecule has 1 amide bonds. The van der Waals surface area contributed by atoms with E-state index in [0.29, 0.717) is 12.5 Å². The molecule has 2 aromatic rings. The average Bonchev–Trinajstić information content (AvgIpc) is 2.99. The zero-order chi connectivity index (χ0) is 15.5. The Morgan fingerprint density at radius 2 is 2.17 bits per heavy atom. The second-order valence-electron chi connectivity index (χ2n) is 5.61. The Hall–Kier alpha value is -1.21. The summed E-state index contributed by atoms with van der Waals surface area (Å²) in [4.78, 5) is 23.3. The highest BCUT2D eigenvalue weighted by atomic mass is 35.5. The fourth-order valence-electron chi connectivity index (χ4n) is 2.66. The van der Waals surface area contributed by atoms with Gasteiger partial charge in [-0.2, -0.15) is 0 Å². The van der Waals surface area contributed by atoms with E-state index in [2.05, 4.69) is 29.1 Å². The van der Waals surface area contributed by atoms with Crippen molar-refractivity contribution in [1.82, 2.24) is 20.2 Å². The van der Waals surface area contributed by atoms with Crippen molar-refractivity contribution in [3.05, 3.63) is 35.5 Å². The third kappa shape index (κ3) is 4.66. The van der Waals surface area contributed by atoms with Crippen LogP contribution in [0.4, 0.5) is 0 Å². The van der Waals surface area contributed by atoms with Crippen molar-refractivity contribution in [2.45, 2.75) is 32.4 Å². The van der Waals surface area contributed by atoms with Gasteiger partial charge in [-0.1, -0.05) is 6.07 Å². The molecule has 2 atom stereocenters. The van der Waals surface area contributed by atoms with Gasteiger partial charge in [0.05, 0.1) is 17.8 Å². The predicted octanol–water partition coefficient (Wildman–Crippen LogP) is 2.80. The minimum atomic E-state index is 0. The van der Waals surface area contributed by atoms with E-state index >= 15 is 0 Å². The van der Waals surface area contributed by atoms with E-state index in [1.807, 2.05) is 28.5 Å². The van der Waals surface area contributed by atoms with E-state index in [1.165, 1.54) is 11.3 Å². The predicted molar refractivity (Wildman–Crippen MR) is 102 cm³/mol. The van der Waals surface area contributed by atoms with Crippen LogP contribution in [0.1, 0.15) is 19.5 Å². The van der Waals surface area contributed by atoms with Crippen LogP contribution in [0.3, 0.4) is 0 Å². The molecule has 1 aliphatic heterocycles. The quantitative estimate of drug-likeness (QED) is 0.877. The van der Waals surface area contributed by atoms with Gasteiger partial charge in [0.2, 0.25) is 5.91 Å². The average molecular weight is 389 g/mol. The van der Waals surface area contributed by atoms with E-state index in [0.717, 1.165) is 29.5 Å². The van der Waals surface area contributed by atoms with Crippen LogP contribution in [0, 0.1) is 0 Å². The van der Waals surface area contributed by atoms with Crippen LogP contribution in [0.5, 0.6) is 0 Å². The molecule has 2 aromatic heterocycles. The van der Waals surface area contributed by atoms with Crippen LogP contribution in [0.2, 0.25) is 0 Å². The molecule has 0 bridgehead atoms. The summed E-state index contributed by atoms with van der Waals surface area (Å²) in [6.45, 7) is 5.83. The lowest BCUT2D eigenvalue weighted by Gasteiger charge is -2.38. The molecule has 1 N–H and O–H groups in total. The minimum absolute atomic E-state index is 0. The van der Waals surface area contributed by atoms with Crippen molar-refractivity contribution < 1.29 is 4.79 Å². The molecule has 24 heavy (non-hydrogen) atoms. The van der Waals surface area contributed by atoms with E-state index < -0.39 is 0 Å². The Kier molecular flexibility index (Phi) is 8.09. The number of piperazine rings is 1. The summed E-state index contributed by atoms with van der Waals surface area (Å²) in [5.74, 6) is 0.152. The topological polar surface area (TPSA) is 58.1 Å². The first-order valence-corrected chi connectivity index (χ1v) is 8.42. The maximum Gasteiger partial charge on any atom is 0.228 e. The van der Waals surface area contributed by atoms with Gasteiger partial charge in [0.15, 0.2) is 0 Å². The van der Waals surface area contributed by atoms with Crippen molar-refractivity contribution in [3.8, 4) is 10.7 Å². The van der Waals surface area contributed by atoms with Gasteiger partial charge in [0.25, 0.3) is 0 Å². The van der Waals surface area contributed by atoms with E-state index in [1.54, 1.807) is 6.20 Å². The number of halogens is 2. The van der Waals surface area contributed by atoms with Gasteiger partial charge in [0, 0.05) is 36.8 Å². The number of thiazole rings is 1. The largest absolute Gasteiger partial charge is 0.337 e. The molecule has 0 saturated carbocycles. The van der Waals surface area contributed by atoms with Crippen LogP contribution in [-0.4, -0.2) is 45.9 Å². The smallest absolute Gasteiger partial charge is 0.228 e. The molecule has 8 heteroatoms. The summed E-state index contributed by atoms with van der Waals surface area (Å²) in [5.41, 5.74) is 1.68. The molecule has 1 fully saturated rings. The molecule has 3 heterocycles. The fourth-order valence-corrected chi connectivity index (χ4v) is 3.46. The summed E-state index contributed by atoms with van der Waals surface area (Å²) >= 11 is 1.54. The third-order valence-electron chi connectivity index (χ3n) is 4.12. The zero-order valence-electron chi connectivity index (χ0n) is 13.6. The van der Waals surface area contributed by atoms with E-state index in [4.69, 9.17) is 0 Å². The molecular formula is C16H22Cl2N4OS. The van der Waals surface area contributed by atoms with Crippen LogP contribution < -0.4 is 5.32 Å². The molecule has 0 aromatic carbocycles. The first-order chi connectivity index (χ1) is 10.6. The van der Waals surface area contributed by atoms with Gasteiger partial charge in [-0.25, -0.2) is 4.98 Å². The highest BCUT2D eigenvalue weighted by Gasteiger charge is 2.28. The SMILES string of the molecule is CC1NCCN(C(=O)Cc2csc(-c3ccccn3)n2)C1C.Cl.Cl. The maximum atomic E-state index is 12.5. The van der Waals surface area contributed by atoms with Gasteiger partial charge in [0.1, 0.15) is 5.01 Å². The molecule has 5 nitrogen and oxygen atoms in total. The summed E-state index contributed by atoms with van der Waals surface area (Å²) in [6.07, 6.45) is 2.12. The zero-order valence-corrected chi connectivity index (χ0v) is 16.1. The Bertz CT molecular complexity index is 653. The summed E-state index contributed by atoms with van der Waals surface area (Å²) in [6, 6.07) is 6.31. The molecule has 132 valence electrons. The first kappa shape index (κ1) is 20.8. The Morgan fingerprint density at radius 3 is 2.88 bits per heavy atom. The molecule has 0 spiro atoms. The normalized spacial score (nSPS) is 20.0. The lowest BCUT2D eigenvalue weighted by atomic mass is 10.1. The van der Waals surface area contributed by atoms with Gasteiger partial charge < -0.3 is 10.2 Å². The first-order valence-electron chi connectivity index (χ1n) is 7.54. The van der Waals surface area contributed by atoms with Crippen LogP contribution in [0.25, 0.3) is 10.7 Å². The van der Waals surface area contributed by atoms with Crippen LogP contribution in [-0.2, 0) is 11.2 Å². The Morgan fingerprint density at radius 1 is 1.38 bits per heavy atom. The summed E-state index contributed by atoms with van der Waals surface area (Å²) < 4.78 is 0. The van der Waals surface area contributed by atoms with Crippen molar-refractivity contribution in [3.63, 3.8) is 0 Å². The second-order valence-corrected chi connectivity index (χ2v) is 6.46. The molecule has 0 aliphatic carbocycles. The van der Waals surface area contributed by atoms with Gasteiger partial charge >= 0.3 is 0 Å². The van der Waals surface area contributed by atoms with Gasteiger partial charge in [-0.15, -0.1) is 36.2 Å². The number of rotatable bonds is 3. The standard InChI is InChI=1S/C16H20N4OS.2ClH/c1-11-12(2)20(8-7-17-11)15(21)9-13-10-22-16(19-13)14-5-3-4-6-18-14;;/h3-6,10-12,17H,7-9H2,1-2H3;2*1H. The van der Waals surface area contributed by atoms with Crippen molar-refractivity contribution in [1.29, 1.82) is 0 Å². The van der Waals surface area contributed by atoms with Crippen molar-refractivity contribution in [2.75, 3.05) is 13.1 Å². The molecular weight excluding hydrogens is 367 g/mol. The number of amides is 1. The summed E-state index contributed by atoms with van der Waals surface area (Å²) in [7, 11) is 0. The van der Waals surface area contributed by atoms with Crippen LogP contribution >= 0.6 is 36.2 Å². The number of hydrogen-bond donors (Lipinski definition) is 1. The van der Waals surface area contributed by atoms with Crippen molar-refractivity contribution >= 4 is 42.1 Å². The van der Waals surface area contributed by atoms with Crippen LogP contribution in [0.15, 0.2) is 29.8 Å². The Balaban J connectivity index is 0.00000144. The second kappa shape index (κ2) is 9.32. The number of hydrogen-bond acceptors (Lipinski definition) is 5. The number of pyridine rings is 1. The molecule has 3 rings (SSSR count). The number of carbonyl (C=O) groups is 1. The molecule has 1 aliphatic rings. The molecule has 0 radical (unpaired) electrons. The fraction of sp³-hybridized carbons (Fsp3) is 0.438. The molecule has 1 saturated heterocycles. The number of nitrogens with one attached hydrogen (secondary N) is 1. The van der Waals surface area contributed by atoms with Gasteiger partial charge in [-0.3, -0.25) is 9.78 Å².